The van der Waals surface area contributed by atoms with E-state index in [2.05, 4.69) is 4.98 Å². The molecule has 28 heavy (non-hydrogen) atoms. The molecule has 9 heteroatoms. The summed E-state index contributed by atoms with van der Waals surface area (Å²) in [4.78, 5) is 29.6. The predicted octanol–water partition coefficient (Wildman–Crippen LogP) is -0.782. The van der Waals surface area contributed by atoms with Crippen molar-refractivity contribution in [2.24, 2.45) is 0 Å². The minimum atomic E-state index is -1.42. The quantitative estimate of drug-likeness (QED) is 0.538. The number of hydrogen-bond donors (Lipinski definition) is 3. The number of fused-ring (bicyclic) bond motifs is 1. The van der Waals surface area contributed by atoms with Crippen LogP contribution in [0, 0.1) is 0 Å². The Kier molecular flexibility index (Phi) is 4.82. The molecular formula is C19H19N3O6. The third-order valence-corrected chi connectivity index (χ3v) is 4.95. The first-order valence-corrected chi connectivity index (χ1v) is 8.78. The van der Waals surface area contributed by atoms with E-state index in [4.69, 9.17) is 4.74 Å². The van der Waals surface area contributed by atoms with Crippen LogP contribution in [0.25, 0.3) is 10.8 Å². The summed E-state index contributed by atoms with van der Waals surface area (Å²) in [5, 5.41) is 31.1. The van der Waals surface area contributed by atoms with Crippen LogP contribution in [0.15, 0.2) is 58.4 Å². The van der Waals surface area contributed by atoms with Crippen LogP contribution in [0.4, 0.5) is 0 Å². The van der Waals surface area contributed by atoms with E-state index in [9.17, 15) is 24.9 Å². The van der Waals surface area contributed by atoms with Crippen molar-refractivity contribution in [2.75, 3.05) is 6.61 Å². The Hall–Kier alpha value is -2.85. The van der Waals surface area contributed by atoms with Gasteiger partial charge in [0.15, 0.2) is 6.23 Å². The van der Waals surface area contributed by atoms with Crippen molar-refractivity contribution >= 4 is 10.8 Å². The maximum Gasteiger partial charge on any atom is 0.333 e. The molecule has 2 aromatic heterocycles. The molecule has 0 spiro atoms. The molecule has 4 atom stereocenters. The van der Waals surface area contributed by atoms with Crippen molar-refractivity contribution in [1.82, 2.24) is 14.1 Å². The maximum atomic E-state index is 12.9. The SMILES string of the molecule is O=c1ccn([C@@H]2O[C@H](CO)[C@@H](O)[C@H]2O)c(=O)n1Cc1nccc2ccccc12. The van der Waals surface area contributed by atoms with Crippen LogP contribution >= 0.6 is 0 Å². The number of benzene rings is 1. The monoisotopic (exact) mass is 385 g/mol. The van der Waals surface area contributed by atoms with Gasteiger partial charge in [0.1, 0.15) is 18.3 Å². The number of ether oxygens (including phenoxy) is 1. The van der Waals surface area contributed by atoms with Crippen molar-refractivity contribution in [1.29, 1.82) is 0 Å². The molecule has 146 valence electrons. The molecule has 1 fully saturated rings. The fourth-order valence-corrected chi connectivity index (χ4v) is 3.44. The lowest BCUT2D eigenvalue weighted by Crippen LogP contribution is -2.43. The van der Waals surface area contributed by atoms with E-state index in [0.29, 0.717) is 5.69 Å². The predicted molar refractivity (Wildman–Crippen MR) is 98.8 cm³/mol. The molecule has 4 rings (SSSR count). The van der Waals surface area contributed by atoms with Crippen LogP contribution < -0.4 is 11.2 Å². The summed E-state index contributed by atoms with van der Waals surface area (Å²) < 4.78 is 7.43. The van der Waals surface area contributed by atoms with Gasteiger partial charge in [0.25, 0.3) is 5.56 Å². The van der Waals surface area contributed by atoms with Gasteiger partial charge in [0.2, 0.25) is 0 Å². The number of nitrogens with zero attached hydrogens (tertiary/aromatic N) is 3. The molecule has 0 unspecified atom stereocenters. The number of aromatic nitrogens is 3. The average Bonchev–Trinajstić information content (AvgIpc) is 2.99. The van der Waals surface area contributed by atoms with Crippen LogP contribution in [0.2, 0.25) is 0 Å². The largest absolute Gasteiger partial charge is 0.394 e. The molecule has 3 N–H and O–H groups in total. The lowest BCUT2D eigenvalue weighted by Gasteiger charge is -2.18. The first-order valence-electron chi connectivity index (χ1n) is 8.78. The number of pyridine rings is 1. The zero-order valence-electron chi connectivity index (χ0n) is 14.8. The molecule has 1 aliphatic heterocycles. The first-order chi connectivity index (χ1) is 13.5. The third kappa shape index (κ3) is 3.04. The van der Waals surface area contributed by atoms with Gasteiger partial charge in [-0.25, -0.2) is 4.79 Å². The van der Waals surface area contributed by atoms with E-state index in [1.807, 2.05) is 30.3 Å². The summed E-state index contributed by atoms with van der Waals surface area (Å²) in [6.07, 6.45) is -2.19. The smallest absolute Gasteiger partial charge is 0.333 e. The fourth-order valence-electron chi connectivity index (χ4n) is 3.44. The topological polar surface area (TPSA) is 127 Å². The summed E-state index contributed by atoms with van der Waals surface area (Å²) in [5.41, 5.74) is -0.684. The minimum absolute atomic E-state index is 0.0609. The Morgan fingerprint density at radius 3 is 2.61 bits per heavy atom. The molecule has 1 saturated heterocycles. The molecule has 0 radical (unpaired) electrons. The Morgan fingerprint density at radius 1 is 1.07 bits per heavy atom. The van der Waals surface area contributed by atoms with E-state index in [1.54, 1.807) is 6.20 Å². The van der Waals surface area contributed by atoms with Crippen molar-refractivity contribution in [2.45, 2.75) is 31.1 Å². The van der Waals surface area contributed by atoms with Gasteiger partial charge in [-0.15, -0.1) is 0 Å². The van der Waals surface area contributed by atoms with E-state index < -0.39 is 42.4 Å². The summed E-state index contributed by atoms with van der Waals surface area (Å²) >= 11 is 0. The van der Waals surface area contributed by atoms with Crippen molar-refractivity contribution in [3.63, 3.8) is 0 Å². The van der Waals surface area contributed by atoms with Gasteiger partial charge in [-0.1, -0.05) is 24.3 Å². The van der Waals surface area contributed by atoms with E-state index >= 15 is 0 Å². The second-order valence-corrected chi connectivity index (χ2v) is 6.64. The molecule has 1 aromatic carbocycles. The highest BCUT2D eigenvalue weighted by Gasteiger charge is 2.43. The molecular weight excluding hydrogens is 366 g/mol. The van der Waals surface area contributed by atoms with Crippen LogP contribution in [0.1, 0.15) is 11.9 Å². The summed E-state index contributed by atoms with van der Waals surface area (Å²) in [5.74, 6) is 0. The third-order valence-electron chi connectivity index (χ3n) is 4.95. The molecule has 3 aromatic rings. The zero-order chi connectivity index (χ0) is 19.8. The Bertz CT molecular complexity index is 1120. The lowest BCUT2D eigenvalue weighted by atomic mass is 10.1. The van der Waals surface area contributed by atoms with E-state index in [1.165, 1.54) is 12.3 Å². The first kappa shape index (κ1) is 18.5. The zero-order valence-corrected chi connectivity index (χ0v) is 14.8. The Balaban J connectivity index is 1.76. The number of aliphatic hydroxyl groups excluding tert-OH is 3. The molecule has 0 bridgehead atoms. The fraction of sp³-hybridized carbons (Fsp3) is 0.316. The summed E-state index contributed by atoms with van der Waals surface area (Å²) in [7, 11) is 0. The van der Waals surface area contributed by atoms with Gasteiger partial charge in [-0.05, 0) is 11.5 Å². The number of aliphatic hydroxyl groups is 3. The lowest BCUT2D eigenvalue weighted by molar-refractivity contribution is -0.0555. The van der Waals surface area contributed by atoms with Crippen molar-refractivity contribution in [3.8, 4) is 0 Å². The average molecular weight is 385 g/mol. The maximum absolute atomic E-state index is 12.9. The second-order valence-electron chi connectivity index (χ2n) is 6.64. The van der Waals surface area contributed by atoms with Gasteiger partial charge in [0.05, 0.1) is 18.8 Å². The molecule has 1 aliphatic rings. The van der Waals surface area contributed by atoms with Gasteiger partial charge in [-0.3, -0.25) is 18.9 Å². The summed E-state index contributed by atoms with van der Waals surface area (Å²) in [6, 6.07) is 10.5. The van der Waals surface area contributed by atoms with Crippen LogP contribution in [-0.4, -0.2) is 54.4 Å². The van der Waals surface area contributed by atoms with Crippen LogP contribution in [0.3, 0.4) is 0 Å². The summed E-state index contributed by atoms with van der Waals surface area (Å²) in [6.45, 7) is -0.572. The molecule has 0 amide bonds. The second kappa shape index (κ2) is 7.28. The highest BCUT2D eigenvalue weighted by molar-refractivity contribution is 5.84. The highest BCUT2D eigenvalue weighted by atomic mass is 16.6. The number of rotatable bonds is 4. The van der Waals surface area contributed by atoms with E-state index in [0.717, 1.165) is 19.9 Å². The van der Waals surface area contributed by atoms with Gasteiger partial charge in [0, 0.05) is 23.8 Å². The Labute approximate surface area is 158 Å². The molecule has 9 nitrogen and oxygen atoms in total. The normalized spacial score (nSPS) is 24.7. The number of hydrogen-bond acceptors (Lipinski definition) is 7. The standard InChI is InChI=1S/C19H19N3O6/c23-10-14-16(25)17(26)18(28-14)21-8-6-15(24)22(19(21)27)9-13-12-4-2-1-3-11(12)5-7-20-13/h1-8,14,16-18,23,25-26H,9-10H2/t14-,16-,17-,18-/m1/s1. The minimum Gasteiger partial charge on any atom is -0.394 e. The van der Waals surface area contributed by atoms with Gasteiger partial charge in [-0.2, -0.15) is 0 Å². The molecule has 3 heterocycles. The molecule has 0 saturated carbocycles. The Morgan fingerprint density at radius 2 is 1.86 bits per heavy atom. The van der Waals surface area contributed by atoms with E-state index in [-0.39, 0.29) is 6.54 Å². The van der Waals surface area contributed by atoms with Crippen LogP contribution in [-0.2, 0) is 11.3 Å². The molecule has 0 aliphatic carbocycles. The van der Waals surface area contributed by atoms with Crippen molar-refractivity contribution in [3.05, 3.63) is 75.3 Å². The van der Waals surface area contributed by atoms with Crippen LogP contribution in [0.5, 0.6) is 0 Å². The van der Waals surface area contributed by atoms with Gasteiger partial charge >= 0.3 is 5.69 Å². The van der Waals surface area contributed by atoms with Crippen molar-refractivity contribution < 1.29 is 20.1 Å². The van der Waals surface area contributed by atoms with Gasteiger partial charge < -0.3 is 20.1 Å². The highest BCUT2D eigenvalue weighted by Crippen LogP contribution is 2.27.